The Bertz CT molecular complexity index is 625. The number of amides is 1. The van der Waals surface area contributed by atoms with E-state index in [9.17, 15) is 9.90 Å². The number of hydrogen-bond donors (Lipinski definition) is 1. The molecule has 4 heteroatoms. The van der Waals surface area contributed by atoms with Crippen molar-refractivity contribution in [1.82, 2.24) is 4.90 Å². The molecule has 0 saturated heterocycles. The SMILES string of the molecule is CSc1ccccc1C(=O)N(C)C(C)c1ccc(O)cc1. The maximum atomic E-state index is 12.7. The van der Waals surface area contributed by atoms with Gasteiger partial charge in [0, 0.05) is 11.9 Å². The van der Waals surface area contributed by atoms with Gasteiger partial charge in [-0.05, 0) is 43.0 Å². The number of hydrogen-bond acceptors (Lipinski definition) is 3. The van der Waals surface area contributed by atoms with Crippen LogP contribution in [0.4, 0.5) is 0 Å². The second-order valence-electron chi connectivity index (χ2n) is 4.88. The minimum absolute atomic E-state index is 0.000486. The van der Waals surface area contributed by atoms with E-state index in [1.807, 2.05) is 49.6 Å². The largest absolute Gasteiger partial charge is 0.508 e. The third-order valence-corrected chi connectivity index (χ3v) is 4.41. The first-order chi connectivity index (χ1) is 10.0. The molecule has 0 aliphatic carbocycles. The van der Waals surface area contributed by atoms with Gasteiger partial charge in [0.25, 0.3) is 5.91 Å². The van der Waals surface area contributed by atoms with Crippen LogP contribution in [0.25, 0.3) is 0 Å². The number of nitrogens with zero attached hydrogens (tertiary/aromatic N) is 1. The Labute approximate surface area is 129 Å². The molecule has 2 rings (SSSR count). The summed E-state index contributed by atoms with van der Waals surface area (Å²) in [4.78, 5) is 15.4. The number of thioether (sulfide) groups is 1. The molecular weight excluding hydrogens is 282 g/mol. The zero-order valence-electron chi connectivity index (χ0n) is 12.4. The van der Waals surface area contributed by atoms with Crippen molar-refractivity contribution in [1.29, 1.82) is 0 Å². The molecule has 0 radical (unpaired) electrons. The van der Waals surface area contributed by atoms with Gasteiger partial charge in [-0.2, -0.15) is 0 Å². The van der Waals surface area contributed by atoms with Crippen LogP contribution in [0, 0.1) is 0 Å². The molecule has 0 fully saturated rings. The summed E-state index contributed by atoms with van der Waals surface area (Å²) in [7, 11) is 1.80. The Kier molecular flexibility index (Phi) is 4.91. The van der Waals surface area contributed by atoms with Crippen LogP contribution in [0.1, 0.15) is 28.9 Å². The molecule has 2 aromatic rings. The van der Waals surface area contributed by atoms with E-state index < -0.39 is 0 Å². The zero-order chi connectivity index (χ0) is 15.4. The number of rotatable bonds is 4. The molecule has 1 unspecified atom stereocenters. The van der Waals surface area contributed by atoms with Crippen LogP contribution in [-0.2, 0) is 0 Å². The molecule has 0 aliphatic heterocycles. The molecule has 0 aliphatic rings. The first-order valence-electron chi connectivity index (χ1n) is 6.73. The molecule has 3 nitrogen and oxygen atoms in total. The molecule has 0 aromatic heterocycles. The Morgan fingerprint density at radius 2 is 1.76 bits per heavy atom. The monoisotopic (exact) mass is 301 g/mol. The summed E-state index contributed by atoms with van der Waals surface area (Å²) in [6.07, 6.45) is 1.97. The normalized spacial score (nSPS) is 12.0. The van der Waals surface area contributed by atoms with Crippen LogP contribution in [0.3, 0.4) is 0 Å². The first kappa shape index (κ1) is 15.4. The van der Waals surface area contributed by atoms with Crippen LogP contribution in [0.2, 0.25) is 0 Å². The third kappa shape index (κ3) is 3.39. The van der Waals surface area contributed by atoms with Crippen LogP contribution in [0.15, 0.2) is 53.4 Å². The third-order valence-electron chi connectivity index (χ3n) is 3.61. The number of benzene rings is 2. The topological polar surface area (TPSA) is 40.5 Å². The average molecular weight is 301 g/mol. The van der Waals surface area contributed by atoms with Crippen molar-refractivity contribution in [3.8, 4) is 5.75 Å². The van der Waals surface area contributed by atoms with E-state index in [2.05, 4.69) is 0 Å². The van der Waals surface area contributed by atoms with Crippen molar-refractivity contribution in [3.63, 3.8) is 0 Å². The Hall–Kier alpha value is -1.94. The van der Waals surface area contributed by atoms with Crippen LogP contribution in [0.5, 0.6) is 5.75 Å². The summed E-state index contributed by atoms with van der Waals surface area (Å²) in [6, 6.07) is 14.5. The molecule has 0 heterocycles. The Morgan fingerprint density at radius 3 is 2.38 bits per heavy atom. The molecule has 0 bridgehead atoms. The fraction of sp³-hybridized carbons (Fsp3) is 0.235. The summed E-state index contributed by atoms with van der Waals surface area (Å²) in [5, 5.41) is 9.35. The van der Waals surface area contributed by atoms with Gasteiger partial charge in [-0.25, -0.2) is 0 Å². The summed E-state index contributed by atoms with van der Waals surface area (Å²) in [5.41, 5.74) is 1.71. The zero-order valence-corrected chi connectivity index (χ0v) is 13.2. The second kappa shape index (κ2) is 6.68. The summed E-state index contributed by atoms with van der Waals surface area (Å²) < 4.78 is 0. The van der Waals surface area contributed by atoms with Crippen molar-refractivity contribution in [2.45, 2.75) is 17.9 Å². The molecule has 1 amide bonds. The standard InChI is InChI=1S/C17H19NO2S/c1-12(13-8-10-14(19)11-9-13)18(2)17(20)15-6-4-5-7-16(15)21-3/h4-12,19H,1-3H3. The lowest BCUT2D eigenvalue weighted by Crippen LogP contribution is -2.30. The number of carbonyl (C=O) groups is 1. The van der Waals surface area contributed by atoms with Gasteiger partial charge >= 0.3 is 0 Å². The lowest BCUT2D eigenvalue weighted by molar-refractivity contribution is 0.0739. The molecule has 1 atom stereocenters. The van der Waals surface area contributed by atoms with E-state index >= 15 is 0 Å². The fourth-order valence-electron chi connectivity index (χ4n) is 2.16. The minimum Gasteiger partial charge on any atom is -0.508 e. The summed E-state index contributed by atoms with van der Waals surface area (Å²) in [6.45, 7) is 1.98. The molecular formula is C17H19NO2S. The van der Waals surface area contributed by atoms with E-state index in [0.717, 1.165) is 16.0 Å². The molecule has 1 N–H and O–H groups in total. The fourth-order valence-corrected chi connectivity index (χ4v) is 2.75. The van der Waals surface area contributed by atoms with E-state index in [1.54, 1.807) is 35.8 Å². The van der Waals surface area contributed by atoms with Crippen molar-refractivity contribution >= 4 is 17.7 Å². The number of phenols is 1. The molecule has 0 saturated carbocycles. The van der Waals surface area contributed by atoms with Gasteiger partial charge in [0.2, 0.25) is 0 Å². The van der Waals surface area contributed by atoms with E-state index in [4.69, 9.17) is 0 Å². The van der Waals surface area contributed by atoms with Gasteiger partial charge in [-0.3, -0.25) is 4.79 Å². The highest BCUT2D eigenvalue weighted by molar-refractivity contribution is 7.98. The van der Waals surface area contributed by atoms with Crippen LogP contribution >= 0.6 is 11.8 Å². The van der Waals surface area contributed by atoms with Crippen molar-refractivity contribution < 1.29 is 9.90 Å². The summed E-state index contributed by atoms with van der Waals surface area (Å²) >= 11 is 1.57. The van der Waals surface area contributed by atoms with E-state index in [0.29, 0.717) is 0 Å². The number of carbonyl (C=O) groups excluding carboxylic acids is 1. The van der Waals surface area contributed by atoms with Gasteiger partial charge in [-0.15, -0.1) is 11.8 Å². The summed E-state index contributed by atoms with van der Waals surface area (Å²) in [5.74, 6) is 0.230. The number of phenolic OH excluding ortho intramolecular Hbond substituents is 1. The van der Waals surface area contributed by atoms with Gasteiger partial charge < -0.3 is 10.0 Å². The predicted molar refractivity (Wildman–Crippen MR) is 86.8 cm³/mol. The molecule has 0 spiro atoms. The predicted octanol–water partition coefficient (Wildman–Crippen LogP) is 3.95. The van der Waals surface area contributed by atoms with Gasteiger partial charge in [0.05, 0.1) is 11.6 Å². The van der Waals surface area contributed by atoms with Crippen LogP contribution in [-0.4, -0.2) is 29.2 Å². The lowest BCUT2D eigenvalue weighted by atomic mass is 10.1. The quantitative estimate of drug-likeness (QED) is 0.869. The first-order valence-corrected chi connectivity index (χ1v) is 7.96. The Morgan fingerprint density at radius 1 is 1.14 bits per heavy atom. The lowest BCUT2D eigenvalue weighted by Gasteiger charge is -2.26. The van der Waals surface area contributed by atoms with Gasteiger partial charge in [0.15, 0.2) is 0 Å². The number of aromatic hydroxyl groups is 1. The average Bonchev–Trinajstić information content (AvgIpc) is 2.53. The van der Waals surface area contributed by atoms with Gasteiger partial charge in [-0.1, -0.05) is 24.3 Å². The molecule has 21 heavy (non-hydrogen) atoms. The van der Waals surface area contributed by atoms with Crippen molar-refractivity contribution in [3.05, 3.63) is 59.7 Å². The maximum Gasteiger partial charge on any atom is 0.255 e. The van der Waals surface area contributed by atoms with Crippen molar-refractivity contribution in [2.24, 2.45) is 0 Å². The molecule has 110 valence electrons. The van der Waals surface area contributed by atoms with E-state index in [-0.39, 0.29) is 17.7 Å². The van der Waals surface area contributed by atoms with E-state index in [1.165, 1.54) is 0 Å². The minimum atomic E-state index is -0.0620. The maximum absolute atomic E-state index is 12.7. The Balaban J connectivity index is 2.24. The van der Waals surface area contributed by atoms with Gasteiger partial charge in [0.1, 0.15) is 5.75 Å². The highest BCUT2D eigenvalue weighted by Crippen LogP contribution is 2.26. The smallest absolute Gasteiger partial charge is 0.255 e. The van der Waals surface area contributed by atoms with Crippen LogP contribution < -0.4 is 0 Å². The second-order valence-corrected chi connectivity index (χ2v) is 5.73. The highest BCUT2D eigenvalue weighted by atomic mass is 32.2. The highest BCUT2D eigenvalue weighted by Gasteiger charge is 2.20. The van der Waals surface area contributed by atoms with Crippen molar-refractivity contribution in [2.75, 3.05) is 13.3 Å². The molecule has 2 aromatic carbocycles.